The molecule has 1 aliphatic heterocycles. The number of anilines is 1. The Morgan fingerprint density at radius 2 is 1.82 bits per heavy atom. The number of carboxylic acid groups (broad SMARTS) is 1. The number of aromatic carboxylic acids is 1. The second-order valence-electron chi connectivity index (χ2n) is 8.94. The third kappa shape index (κ3) is 5.20. The van der Waals surface area contributed by atoms with Crippen LogP contribution in [0.1, 0.15) is 47.8 Å². The van der Waals surface area contributed by atoms with Gasteiger partial charge in [0.25, 0.3) is 0 Å². The van der Waals surface area contributed by atoms with Crippen LogP contribution in [0, 0.1) is 0 Å². The Balaban J connectivity index is 1.61. The molecule has 0 atom stereocenters. The van der Waals surface area contributed by atoms with Crippen LogP contribution in [0.4, 0.5) is 5.69 Å². The van der Waals surface area contributed by atoms with Gasteiger partial charge in [-0.1, -0.05) is 55.8 Å². The number of nitrogens with one attached hydrogen (secondary N) is 1. The molecule has 0 aliphatic carbocycles. The first kappa shape index (κ1) is 25.0. The van der Waals surface area contributed by atoms with Gasteiger partial charge in [0.1, 0.15) is 17.8 Å². The van der Waals surface area contributed by atoms with Crippen LogP contribution in [0.2, 0.25) is 0 Å². The average Bonchev–Trinajstić information content (AvgIpc) is 3.56. The van der Waals surface area contributed by atoms with Gasteiger partial charge in [-0.3, -0.25) is 4.79 Å². The molecule has 3 aromatic carbocycles. The monoisotopic (exact) mass is 512 g/mol. The molecule has 0 bridgehead atoms. The van der Waals surface area contributed by atoms with Crippen molar-refractivity contribution < 1.29 is 28.9 Å². The van der Waals surface area contributed by atoms with E-state index >= 15 is 0 Å². The van der Waals surface area contributed by atoms with E-state index in [0.717, 1.165) is 12.0 Å². The Labute approximate surface area is 220 Å². The van der Waals surface area contributed by atoms with E-state index in [1.165, 1.54) is 6.26 Å². The van der Waals surface area contributed by atoms with Crippen LogP contribution in [-0.4, -0.2) is 28.3 Å². The minimum absolute atomic E-state index is 0.00815. The smallest absolute Gasteiger partial charge is 0.354 e. The maximum absolute atomic E-state index is 12.8. The predicted molar refractivity (Wildman–Crippen MR) is 144 cm³/mol. The molecule has 8 nitrogen and oxygen atoms in total. The number of ether oxygens (including phenoxy) is 3. The highest BCUT2D eigenvalue weighted by molar-refractivity contribution is 6.14. The van der Waals surface area contributed by atoms with Gasteiger partial charge < -0.3 is 29.2 Å². The van der Waals surface area contributed by atoms with Crippen molar-refractivity contribution >= 4 is 34.2 Å². The molecule has 2 N–H and O–H groups in total. The van der Waals surface area contributed by atoms with Crippen molar-refractivity contribution in [3.63, 3.8) is 0 Å². The Hall–Kier alpha value is -4.72. The van der Waals surface area contributed by atoms with Crippen molar-refractivity contribution in [1.82, 2.24) is 4.57 Å². The maximum Gasteiger partial charge on any atom is 0.354 e. The van der Waals surface area contributed by atoms with Crippen molar-refractivity contribution in [2.45, 2.75) is 32.7 Å². The van der Waals surface area contributed by atoms with E-state index < -0.39 is 5.97 Å². The Kier molecular flexibility index (Phi) is 7.31. The highest BCUT2D eigenvalue weighted by Gasteiger charge is 2.27. The van der Waals surface area contributed by atoms with Crippen LogP contribution in [0.15, 0.2) is 79.1 Å². The van der Waals surface area contributed by atoms with Crippen molar-refractivity contribution in [2.24, 2.45) is 0 Å². The van der Waals surface area contributed by atoms with E-state index in [1.54, 1.807) is 4.57 Å². The third-order valence-corrected chi connectivity index (χ3v) is 6.27. The van der Waals surface area contributed by atoms with E-state index in [1.807, 2.05) is 79.7 Å². The molecule has 0 radical (unpaired) electrons. The van der Waals surface area contributed by atoms with Gasteiger partial charge in [-0.15, -0.1) is 0 Å². The van der Waals surface area contributed by atoms with Crippen LogP contribution >= 0.6 is 0 Å². The number of aromatic nitrogens is 1. The largest absolute Gasteiger partial charge is 0.477 e. The fraction of sp³-hybridized carbons (Fsp3) is 0.200. The van der Waals surface area contributed by atoms with Crippen molar-refractivity contribution in [2.75, 3.05) is 12.1 Å². The maximum atomic E-state index is 12.8. The summed E-state index contributed by atoms with van der Waals surface area (Å²) in [7, 11) is 0. The van der Waals surface area contributed by atoms with Gasteiger partial charge in [0.15, 0.2) is 11.5 Å². The lowest BCUT2D eigenvalue weighted by Crippen LogP contribution is -2.16. The molecule has 8 heteroatoms. The zero-order valence-corrected chi connectivity index (χ0v) is 21.0. The van der Waals surface area contributed by atoms with Crippen molar-refractivity contribution in [3.05, 3.63) is 95.9 Å². The van der Waals surface area contributed by atoms with Crippen LogP contribution in [-0.2, 0) is 20.8 Å². The number of carbonyl (C=O) groups is 2. The number of nitrogens with zero attached hydrogens (tertiary/aromatic N) is 1. The SMILES string of the molecule is CCCCC(=O)Nc1c(C(=O)O)n(Cc2cccc(Oc3ccccc3)c2)c2cccc(C3=COCO3)c12. The molecule has 0 fully saturated rings. The van der Waals surface area contributed by atoms with Crippen LogP contribution in [0.3, 0.4) is 0 Å². The second-order valence-corrected chi connectivity index (χ2v) is 8.94. The molecular weight excluding hydrogens is 484 g/mol. The fourth-order valence-electron chi connectivity index (χ4n) is 4.55. The quantitative estimate of drug-likeness (QED) is 0.248. The predicted octanol–water partition coefficient (Wildman–Crippen LogP) is 6.61. The number of fused-ring (bicyclic) bond motifs is 1. The first-order valence-corrected chi connectivity index (χ1v) is 12.5. The zero-order valence-electron chi connectivity index (χ0n) is 21.0. The summed E-state index contributed by atoms with van der Waals surface area (Å²) in [5.41, 5.74) is 2.37. The van der Waals surface area contributed by atoms with Crippen LogP contribution < -0.4 is 10.1 Å². The first-order chi connectivity index (χ1) is 18.5. The Morgan fingerprint density at radius 1 is 1.03 bits per heavy atom. The summed E-state index contributed by atoms with van der Waals surface area (Å²) in [6.45, 7) is 2.32. The number of amides is 1. The number of rotatable bonds is 10. The lowest BCUT2D eigenvalue weighted by Gasteiger charge is -2.12. The van der Waals surface area contributed by atoms with Gasteiger partial charge in [-0.25, -0.2) is 4.79 Å². The molecule has 194 valence electrons. The molecule has 5 rings (SSSR count). The number of carboxylic acids is 1. The van der Waals surface area contributed by atoms with E-state index in [0.29, 0.717) is 46.6 Å². The number of para-hydroxylation sites is 1. The second kappa shape index (κ2) is 11.1. The van der Waals surface area contributed by atoms with E-state index in [4.69, 9.17) is 14.2 Å². The van der Waals surface area contributed by atoms with Crippen molar-refractivity contribution in [1.29, 1.82) is 0 Å². The molecule has 0 unspecified atom stereocenters. The summed E-state index contributed by atoms with van der Waals surface area (Å²) >= 11 is 0. The Bertz CT molecular complexity index is 1510. The van der Waals surface area contributed by atoms with Gasteiger partial charge in [0.2, 0.25) is 12.7 Å². The highest BCUT2D eigenvalue weighted by atomic mass is 16.7. The highest BCUT2D eigenvalue weighted by Crippen LogP contribution is 2.39. The number of hydrogen-bond donors (Lipinski definition) is 2. The first-order valence-electron chi connectivity index (χ1n) is 12.5. The average molecular weight is 513 g/mol. The van der Waals surface area contributed by atoms with E-state index in [-0.39, 0.29) is 30.6 Å². The van der Waals surface area contributed by atoms with Gasteiger partial charge in [-0.05, 0) is 42.3 Å². The van der Waals surface area contributed by atoms with E-state index in [2.05, 4.69) is 5.32 Å². The topological polar surface area (TPSA) is 99.0 Å². The summed E-state index contributed by atoms with van der Waals surface area (Å²) in [5, 5.41) is 13.8. The van der Waals surface area contributed by atoms with Gasteiger partial charge >= 0.3 is 5.97 Å². The Morgan fingerprint density at radius 3 is 2.55 bits per heavy atom. The molecule has 4 aromatic rings. The summed E-state index contributed by atoms with van der Waals surface area (Å²) in [6, 6.07) is 22.5. The summed E-state index contributed by atoms with van der Waals surface area (Å²) in [5.74, 6) is 0.437. The normalized spacial score (nSPS) is 12.5. The molecule has 38 heavy (non-hydrogen) atoms. The van der Waals surface area contributed by atoms with Gasteiger partial charge in [0.05, 0.1) is 11.2 Å². The third-order valence-electron chi connectivity index (χ3n) is 6.27. The molecule has 1 aliphatic rings. The molecule has 0 spiro atoms. The van der Waals surface area contributed by atoms with Crippen LogP contribution in [0.25, 0.3) is 16.7 Å². The number of hydrogen-bond acceptors (Lipinski definition) is 5. The lowest BCUT2D eigenvalue weighted by molar-refractivity contribution is -0.116. The number of carbonyl (C=O) groups excluding carboxylic acids is 1. The molecule has 0 saturated carbocycles. The standard InChI is InChI=1S/C30H28N2O6/c1-2-3-15-26(33)31-28-27-23(25-18-36-19-37-25)13-8-14-24(27)32(29(28)30(34)35)17-20-9-7-12-22(16-20)38-21-10-5-4-6-11-21/h4-14,16,18H,2-3,15,17,19H2,1H3,(H,31,33)(H,34,35). The fourth-order valence-corrected chi connectivity index (χ4v) is 4.55. The molecular formula is C30H28N2O6. The van der Waals surface area contributed by atoms with Crippen molar-refractivity contribution in [3.8, 4) is 11.5 Å². The minimum Gasteiger partial charge on any atom is -0.477 e. The molecule has 1 amide bonds. The summed E-state index contributed by atoms with van der Waals surface area (Å²) < 4.78 is 18.6. The number of benzene rings is 3. The summed E-state index contributed by atoms with van der Waals surface area (Å²) in [4.78, 5) is 25.5. The number of unbranched alkanes of at least 4 members (excludes halogenated alkanes) is 1. The molecule has 2 heterocycles. The minimum atomic E-state index is -1.15. The van der Waals surface area contributed by atoms with Crippen LogP contribution in [0.5, 0.6) is 11.5 Å². The zero-order chi connectivity index (χ0) is 26.5. The molecule has 0 saturated heterocycles. The summed E-state index contributed by atoms with van der Waals surface area (Å²) in [6.07, 6.45) is 3.35. The van der Waals surface area contributed by atoms with Gasteiger partial charge in [-0.2, -0.15) is 0 Å². The van der Waals surface area contributed by atoms with Gasteiger partial charge in [0, 0.05) is 23.9 Å². The van der Waals surface area contributed by atoms with E-state index in [9.17, 15) is 14.7 Å². The molecule has 1 aromatic heterocycles. The lowest BCUT2D eigenvalue weighted by atomic mass is 10.1.